The molecule has 20 heavy (non-hydrogen) atoms. The Labute approximate surface area is 125 Å². The Morgan fingerprint density at radius 1 is 1.35 bits per heavy atom. The molecule has 1 unspecified atom stereocenters. The predicted molar refractivity (Wildman–Crippen MR) is 85.3 cm³/mol. The first-order valence-corrected chi connectivity index (χ1v) is 8.56. The molecular weight excluding hydrogens is 271 g/mol. The van der Waals surface area contributed by atoms with Gasteiger partial charge in [-0.2, -0.15) is 11.8 Å². The summed E-state index contributed by atoms with van der Waals surface area (Å²) in [7, 11) is 0. The molecule has 1 saturated carbocycles. The zero-order valence-corrected chi connectivity index (χ0v) is 13.0. The Hall–Kier alpha value is -0.580. The van der Waals surface area contributed by atoms with Crippen molar-refractivity contribution in [1.29, 1.82) is 0 Å². The molecule has 2 nitrogen and oxygen atoms in total. The van der Waals surface area contributed by atoms with Crippen molar-refractivity contribution in [3.8, 4) is 0 Å². The molecule has 112 valence electrons. The zero-order valence-electron chi connectivity index (χ0n) is 12.2. The van der Waals surface area contributed by atoms with E-state index >= 15 is 0 Å². The quantitative estimate of drug-likeness (QED) is 0.622. The van der Waals surface area contributed by atoms with Crippen LogP contribution in [-0.4, -0.2) is 17.0 Å². The van der Waals surface area contributed by atoms with E-state index in [0.29, 0.717) is 0 Å². The van der Waals surface area contributed by atoms with Gasteiger partial charge in [-0.15, -0.1) is 0 Å². The molecule has 2 rings (SSSR count). The Morgan fingerprint density at radius 2 is 2.10 bits per heavy atom. The third kappa shape index (κ3) is 4.76. The first-order chi connectivity index (χ1) is 9.69. The van der Waals surface area contributed by atoms with Crippen LogP contribution in [-0.2, 0) is 6.42 Å². The monoisotopic (exact) mass is 296 g/mol. The van der Waals surface area contributed by atoms with Crippen molar-refractivity contribution in [2.75, 3.05) is 5.75 Å². The number of hydrogen-bond donors (Lipinski definition) is 2. The van der Waals surface area contributed by atoms with Crippen LogP contribution in [0.25, 0.3) is 0 Å². The maximum Gasteiger partial charge on any atom is 0.123 e. The van der Waals surface area contributed by atoms with Gasteiger partial charge in [0.15, 0.2) is 0 Å². The van der Waals surface area contributed by atoms with Crippen LogP contribution in [0.15, 0.2) is 18.2 Å². The average Bonchev–Trinajstić information content (AvgIpc) is 2.46. The van der Waals surface area contributed by atoms with Crippen molar-refractivity contribution < 1.29 is 4.39 Å². The van der Waals surface area contributed by atoms with E-state index in [1.54, 1.807) is 6.07 Å². The fraction of sp³-hybridized carbons (Fsp3) is 0.625. The zero-order chi connectivity index (χ0) is 14.4. The lowest BCUT2D eigenvalue weighted by Crippen LogP contribution is -2.39. The standard InChI is InChI=1S/C16H25FN2S/c1-12-9-14(17)8-7-13(12)10-15(19-18)11-20-16-5-3-2-4-6-16/h7-9,15-16,19H,2-6,10-11,18H2,1H3. The molecule has 0 spiro atoms. The van der Waals surface area contributed by atoms with E-state index in [9.17, 15) is 4.39 Å². The van der Waals surface area contributed by atoms with E-state index in [1.165, 1.54) is 43.7 Å². The molecule has 0 bridgehead atoms. The van der Waals surface area contributed by atoms with Crippen LogP contribution >= 0.6 is 11.8 Å². The van der Waals surface area contributed by atoms with E-state index in [-0.39, 0.29) is 11.9 Å². The van der Waals surface area contributed by atoms with Gasteiger partial charge in [0.05, 0.1) is 0 Å². The third-order valence-corrected chi connectivity index (χ3v) is 5.63. The second-order valence-electron chi connectivity index (χ2n) is 5.73. The van der Waals surface area contributed by atoms with Gasteiger partial charge in [0.2, 0.25) is 0 Å². The smallest absolute Gasteiger partial charge is 0.123 e. The van der Waals surface area contributed by atoms with E-state index < -0.39 is 0 Å². The van der Waals surface area contributed by atoms with Crippen LogP contribution in [0.1, 0.15) is 43.2 Å². The van der Waals surface area contributed by atoms with Gasteiger partial charge in [-0.3, -0.25) is 11.3 Å². The minimum atomic E-state index is -0.167. The highest BCUT2D eigenvalue weighted by Gasteiger charge is 2.17. The molecule has 0 aliphatic heterocycles. The molecule has 0 radical (unpaired) electrons. The van der Waals surface area contributed by atoms with E-state index in [1.807, 2.05) is 24.8 Å². The number of thioether (sulfide) groups is 1. The second kappa shape index (κ2) is 8.01. The molecule has 0 amide bonds. The van der Waals surface area contributed by atoms with E-state index in [0.717, 1.165) is 23.0 Å². The Kier molecular flexibility index (Phi) is 6.33. The molecule has 0 saturated heterocycles. The van der Waals surface area contributed by atoms with Crippen molar-refractivity contribution in [3.05, 3.63) is 35.1 Å². The van der Waals surface area contributed by atoms with Gasteiger partial charge in [-0.25, -0.2) is 4.39 Å². The lowest BCUT2D eigenvalue weighted by molar-refractivity contribution is 0.513. The first-order valence-electron chi connectivity index (χ1n) is 7.52. The normalized spacial score (nSPS) is 18.1. The molecule has 1 atom stereocenters. The van der Waals surface area contributed by atoms with Crippen LogP contribution in [0.3, 0.4) is 0 Å². The lowest BCUT2D eigenvalue weighted by Gasteiger charge is -2.24. The molecule has 1 fully saturated rings. The number of nitrogens with one attached hydrogen (secondary N) is 1. The Balaban J connectivity index is 1.84. The molecule has 0 heterocycles. The van der Waals surface area contributed by atoms with Gasteiger partial charge < -0.3 is 0 Å². The van der Waals surface area contributed by atoms with Crippen molar-refractivity contribution in [3.63, 3.8) is 0 Å². The molecule has 1 aliphatic rings. The number of nitrogens with two attached hydrogens (primary N) is 1. The SMILES string of the molecule is Cc1cc(F)ccc1CC(CSC1CCCCC1)NN. The fourth-order valence-electron chi connectivity index (χ4n) is 2.80. The molecular formula is C16H25FN2S. The maximum atomic E-state index is 13.1. The summed E-state index contributed by atoms with van der Waals surface area (Å²) in [6.07, 6.45) is 7.69. The van der Waals surface area contributed by atoms with Gasteiger partial charge >= 0.3 is 0 Å². The molecule has 1 aromatic carbocycles. The highest BCUT2D eigenvalue weighted by atomic mass is 32.2. The van der Waals surface area contributed by atoms with Crippen molar-refractivity contribution >= 4 is 11.8 Å². The van der Waals surface area contributed by atoms with Crippen LogP contribution < -0.4 is 11.3 Å². The third-order valence-electron chi connectivity index (χ3n) is 4.09. The minimum Gasteiger partial charge on any atom is -0.271 e. The molecule has 0 aromatic heterocycles. The number of benzene rings is 1. The Morgan fingerprint density at radius 3 is 2.75 bits per heavy atom. The van der Waals surface area contributed by atoms with Gasteiger partial charge in [-0.05, 0) is 49.4 Å². The van der Waals surface area contributed by atoms with Gasteiger partial charge in [0.25, 0.3) is 0 Å². The summed E-state index contributed by atoms with van der Waals surface area (Å²) in [5.41, 5.74) is 5.10. The van der Waals surface area contributed by atoms with Crippen molar-refractivity contribution in [1.82, 2.24) is 5.43 Å². The van der Waals surface area contributed by atoms with Gasteiger partial charge in [0.1, 0.15) is 5.82 Å². The number of hydrazine groups is 1. The van der Waals surface area contributed by atoms with E-state index in [4.69, 9.17) is 5.84 Å². The van der Waals surface area contributed by atoms with Crippen LogP contribution in [0.5, 0.6) is 0 Å². The lowest BCUT2D eigenvalue weighted by atomic mass is 10.0. The van der Waals surface area contributed by atoms with Crippen LogP contribution in [0.4, 0.5) is 4.39 Å². The van der Waals surface area contributed by atoms with Crippen molar-refractivity contribution in [2.45, 2.75) is 56.7 Å². The van der Waals surface area contributed by atoms with Crippen molar-refractivity contribution in [2.24, 2.45) is 5.84 Å². The molecule has 1 aromatic rings. The van der Waals surface area contributed by atoms with Gasteiger partial charge in [0, 0.05) is 17.0 Å². The highest BCUT2D eigenvalue weighted by molar-refractivity contribution is 7.99. The average molecular weight is 296 g/mol. The predicted octanol–water partition coefficient (Wildman–Crippen LogP) is 3.57. The van der Waals surface area contributed by atoms with Gasteiger partial charge in [-0.1, -0.05) is 25.3 Å². The fourth-order valence-corrected chi connectivity index (χ4v) is 4.19. The first kappa shape index (κ1) is 15.8. The topological polar surface area (TPSA) is 38.0 Å². The Bertz CT molecular complexity index is 419. The maximum absolute atomic E-state index is 13.1. The largest absolute Gasteiger partial charge is 0.271 e. The molecule has 4 heteroatoms. The minimum absolute atomic E-state index is 0.167. The molecule has 1 aliphatic carbocycles. The summed E-state index contributed by atoms with van der Waals surface area (Å²) < 4.78 is 13.1. The van der Waals surface area contributed by atoms with Crippen LogP contribution in [0, 0.1) is 12.7 Å². The van der Waals surface area contributed by atoms with E-state index in [2.05, 4.69) is 5.43 Å². The van der Waals surface area contributed by atoms with Crippen LogP contribution in [0.2, 0.25) is 0 Å². The summed E-state index contributed by atoms with van der Waals surface area (Å²) in [4.78, 5) is 0. The molecule has 3 N–H and O–H groups in total. The second-order valence-corrected chi connectivity index (χ2v) is 7.07. The highest BCUT2D eigenvalue weighted by Crippen LogP contribution is 2.29. The summed E-state index contributed by atoms with van der Waals surface area (Å²) in [5, 5.41) is 0.800. The number of halogens is 1. The summed E-state index contributed by atoms with van der Waals surface area (Å²) in [5.74, 6) is 6.54. The summed E-state index contributed by atoms with van der Waals surface area (Å²) in [6.45, 7) is 1.96. The number of hydrogen-bond acceptors (Lipinski definition) is 3. The summed E-state index contributed by atoms with van der Waals surface area (Å²) >= 11 is 2.04. The number of aryl methyl sites for hydroxylation is 1. The summed E-state index contributed by atoms with van der Waals surface area (Å²) in [6, 6.07) is 5.26. The number of rotatable bonds is 6.